The van der Waals surface area contributed by atoms with Crippen LogP contribution >= 0.6 is 0 Å². The molecule has 5 nitrogen and oxygen atoms in total. The van der Waals surface area contributed by atoms with E-state index in [9.17, 15) is 4.79 Å². The van der Waals surface area contributed by atoms with Gasteiger partial charge in [-0.15, -0.1) is 0 Å². The number of benzene rings is 2. The monoisotopic (exact) mass is 355 g/mol. The van der Waals surface area contributed by atoms with Crippen molar-refractivity contribution in [2.75, 3.05) is 13.2 Å². The number of para-hydroxylation sites is 1. The smallest absolute Gasteiger partial charge is 0.261 e. The van der Waals surface area contributed by atoms with Gasteiger partial charge in [-0.3, -0.25) is 4.79 Å². The van der Waals surface area contributed by atoms with E-state index in [1.54, 1.807) is 6.92 Å². The van der Waals surface area contributed by atoms with Crippen LogP contribution in [0.25, 0.3) is 0 Å². The van der Waals surface area contributed by atoms with Crippen LogP contribution in [0.4, 0.5) is 0 Å². The topological polar surface area (TPSA) is 56.8 Å². The molecule has 0 aromatic heterocycles. The van der Waals surface area contributed by atoms with Crippen LogP contribution in [-0.2, 0) is 4.79 Å². The van der Waals surface area contributed by atoms with Crippen molar-refractivity contribution in [3.8, 4) is 17.2 Å². The highest BCUT2D eigenvalue weighted by molar-refractivity contribution is 5.81. The third-order valence-corrected chi connectivity index (χ3v) is 4.32. The number of ether oxygens (including phenoxy) is 3. The van der Waals surface area contributed by atoms with Crippen LogP contribution in [0, 0.1) is 5.92 Å². The summed E-state index contributed by atoms with van der Waals surface area (Å²) >= 11 is 0. The Labute approximate surface area is 154 Å². The van der Waals surface area contributed by atoms with E-state index in [2.05, 4.69) is 19.2 Å². The molecule has 0 saturated carbocycles. The zero-order valence-electron chi connectivity index (χ0n) is 15.4. The van der Waals surface area contributed by atoms with Crippen molar-refractivity contribution in [2.24, 2.45) is 5.92 Å². The van der Waals surface area contributed by atoms with E-state index in [4.69, 9.17) is 14.2 Å². The number of rotatable bonds is 6. The number of amides is 1. The van der Waals surface area contributed by atoms with Crippen LogP contribution in [0.1, 0.15) is 32.4 Å². The molecular weight excluding hydrogens is 330 g/mol. The predicted molar refractivity (Wildman–Crippen MR) is 99.7 cm³/mol. The number of nitrogens with one attached hydrogen (secondary N) is 1. The van der Waals surface area contributed by atoms with E-state index in [-0.39, 0.29) is 17.9 Å². The number of hydrogen-bond acceptors (Lipinski definition) is 4. The summed E-state index contributed by atoms with van der Waals surface area (Å²) in [5.74, 6) is 2.21. The second-order valence-corrected chi connectivity index (χ2v) is 6.71. The summed E-state index contributed by atoms with van der Waals surface area (Å²) in [6, 6.07) is 15.0. The van der Waals surface area contributed by atoms with Crippen LogP contribution in [-0.4, -0.2) is 25.2 Å². The summed E-state index contributed by atoms with van der Waals surface area (Å²) in [5, 5.41) is 3.10. The molecule has 2 aromatic carbocycles. The van der Waals surface area contributed by atoms with Crippen LogP contribution < -0.4 is 19.5 Å². The van der Waals surface area contributed by atoms with Crippen molar-refractivity contribution in [3.05, 3.63) is 54.1 Å². The zero-order chi connectivity index (χ0) is 18.5. The summed E-state index contributed by atoms with van der Waals surface area (Å²) in [7, 11) is 0. The molecule has 0 bridgehead atoms. The van der Waals surface area contributed by atoms with E-state index in [0.29, 0.717) is 19.0 Å². The Balaban J connectivity index is 1.71. The molecule has 5 heteroatoms. The lowest BCUT2D eigenvalue weighted by molar-refractivity contribution is -0.128. The highest BCUT2D eigenvalue weighted by atomic mass is 16.6. The van der Waals surface area contributed by atoms with Crippen LogP contribution in [0.2, 0.25) is 0 Å². The van der Waals surface area contributed by atoms with E-state index in [1.807, 2.05) is 48.5 Å². The van der Waals surface area contributed by atoms with E-state index >= 15 is 0 Å². The average Bonchev–Trinajstić information content (AvgIpc) is 2.66. The molecule has 2 unspecified atom stereocenters. The maximum Gasteiger partial charge on any atom is 0.261 e. The summed E-state index contributed by atoms with van der Waals surface area (Å²) in [5.41, 5.74) is 0.990. The maximum atomic E-state index is 12.6. The minimum Gasteiger partial charge on any atom is -0.486 e. The number of hydrogen-bond donors (Lipinski definition) is 1. The first-order chi connectivity index (χ1) is 12.5. The van der Waals surface area contributed by atoms with Crippen molar-refractivity contribution >= 4 is 5.91 Å². The van der Waals surface area contributed by atoms with Crippen molar-refractivity contribution in [1.29, 1.82) is 0 Å². The lowest BCUT2D eigenvalue weighted by Crippen LogP contribution is -2.40. The lowest BCUT2D eigenvalue weighted by Gasteiger charge is -2.26. The van der Waals surface area contributed by atoms with Gasteiger partial charge < -0.3 is 19.5 Å². The minimum absolute atomic E-state index is 0.139. The Morgan fingerprint density at radius 2 is 1.69 bits per heavy atom. The lowest BCUT2D eigenvalue weighted by atomic mass is 9.95. The molecule has 1 aliphatic heterocycles. The Bertz CT molecular complexity index is 745. The minimum atomic E-state index is -0.587. The maximum absolute atomic E-state index is 12.6. The molecule has 1 aliphatic rings. The quantitative estimate of drug-likeness (QED) is 0.858. The first-order valence-electron chi connectivity index (χ1n) is 8.96. The molecule has 2 aromatic rings. The average molecular weight is 355 g/mol. The van der Waals surface area contributed by atoms with Gasteiger partial charge in [0.05, 0.1) is 6.04 Å². The Hall–Kier alpha value is -2.69. The normalized spacial score (nSPS) is 15.2. The van der Waals surface area contributed by atoms with Crippen LogP contribution in [0.3, 0.4) is 0 Å². The molecule has 0 aliphatic carbocycles. The van der Waals surface area contributed by atoms with Crippen molar-refractivity contribution < 1.29 is 19.0 Å². The van der Waals surface area contributed by atoms with Gasteiger partial charge in [0.1, 0.15) is 19.0 Å². The van der Waals surface area contributed by atoms with E-state index in [1.165, 1.54) is 0 Å². The van der Waals surface area contributed by atoms with Crippen LogP contribution in [0.5, 0.6) is 17.2 Å². The zero-order valence-corrected chi connectivity index (χ0v) is 15.4. The molecule has 1 N–H and O–H groups in total. The Morgan fingerprint density at radius 3 is 2.38 bits per heavy atom. The van der Waals surface area contributed by atoms with E-state index < -0.39 is 6.10 Å². The Morgan fingerprint density at radius 1 is 1.00 bits per heavy atom. The molecule has 0 fully saturated rings. The molecule has 26 heavy (non-hydrogen) atoms. The summed E-state index contributed by atoms with van der Waals surface area (Å²) in [6.07, 6.45) is -0.587. The largest absolute Gasteiger partial charge is 0.486 e. The fourth-order valence-electron chi connectivity index (χ4n) is 2.92. The fraction of sp³-hybridized carbons (Fsp3) is 0.381. The number of carbonyl (C=O) groups excluding carboxylic acids is 1. The third-order valence-electron chi connectivity index (χ3n) is 4.32. The van der Waals surface area contributed by atoms with Gasteiger partial charge in [-0.05, 0) is 42.7 Å². The molecule has 0 spiro atoms. The predicted octanol–water partition coefficient (Wildman–Crippen LogP) is 3.74. The van der Waals surface area contributed by atoms with Gasteiger partial charge in [0.2, 0.25) is 0 Å². The first-order valence-corrected chi connectivity index (χ1v) is 8.96. The molecule has 1 amide bonds. The molecule has 3 rings (SSSR count). The summed E-state index contributed by atoms with van der Waals surface area (Å²) < 4.78 is 17.0. The first kappa shape index (κ1) is 18.1. The van der Waals surface area contributed by atoms with Gasteiger partial charge in [0, 0.05) is 0 Å². The second kappa shape index (κ2) is 8.13. The van der Waals surface area contributed by atoms with E-state index in [0.717, 1.165) is 17.1 Å². The molecule has 1 heterocycles. The van der Waals surface area contributed by atoms with Crippen molar-refractivity contribution in [1.82, 2.24) is 5.32 Å². The fourth-order valence-corrected chi connectivity index (χ4v) is 2.92. The van der Waals surface area contributed by atoms with Crippen molar-refractivity contribution in [2.45, 2.75) is 32.9 Å². The SMILES string of the molecule is CC(Oc1ccccc1)C(=O)NC(c1ccc2c(c1)OCCO2)C(C)C. The van der Waals surface area contributed by atoms with Gasteiger partial charge in [0.25, 0.3) is 5.91 Å². The summed E-state index contributed by atoms with van der Waals surface area (Å²) in [6.45, 7) is 7.00. The van der Waals surface area contributed by atoms with Gasteiger partial charge in [-0.25, -0.2) is 0 Å². The molecule has 0 saturated heterocycles. The van der Waals surface area contributed by atoms with Gasteiger partial charge in [0.15, 0.2) is 17.6 Å². The molecule has 2 atom stereocenters. The molecule has 0 radical (unpaired) electrons. The molecular formula is C21H25NO4. The Kier molecular flexibility index (Phi) is 5.66. The number of fused-ring (bicyclic) bond motifs is 1. The van der Waals surface area contributed by atoms with Gasteiger partial charge in [-0.1, -0.05) is 38.1 Å². The summed E-state index contributed by atoms with van der Waals surface area (Å²) in [4.78, 5) is 12.6. The van der Waals surface area contributed by atoms with Crippen molar-refractivity contribution in [3.63, 3.8) is 0 Å². The second-order valence-electron chi connectivity index (χ2n) is 6.71. The van der Waals surface area contributed by atoms with Gasteiger partial charge in [-0.2, -0.15) is 0 Å². The van der Waals surface area contributed by atoms with Crippen LogP contribution in [0.15, 0.2) is 48.5 Å². The van der Waals surface area contributed by atoms with Gasteiger partial charge >= 0.3 is 0 Å². The standard InChI is InChI=1S/C21H25NO4/c1-14(2)20(16-9-10-18-19(13-16)25-12-11-24-18)22-21(23)15(3)26-17-7-5-4-6-8-17/h4-10,13-15,20H,11-12H2,1-3H3,(H,22,23). The number of carbonyl (C=O) groups is 1. The third kappa shape index (κ3) is 4.28. The molecule has 138 valence electrons. The highest BCUT2D eigenvalue weighted by Crippen LogP contribution is 2.34. The highest BCUT2D eigenvalue weighted by Gasteiger charge is 2.24.